The van der Waals surface area contributed by atoms with Gasteiger partial charge >= 0.3 is 0 Å². The second-order valence-electron chi connectivity index (χ2n) is 4.83. The van der Waals surface area contributed by atoms with Crippen LogP contribution in [-0.4, -0.2) is 35.5 Å². The molecule has 98 valence electrons. The Kier molecular flexibility index (Phi) is 3.87. The lowest BCUT2D eigenvalue weighted by atomic mass is 10.0. The largest absolute Gasteiger partial charge is 0.508 e. The molecule has 1 amide bonds. The van der Waals surface area contributed by atoms with Crippen LogP contribution >= 0.6 is 0 Å². The highest BCUT2D eigenvalue weighted by molar-refractivity contribution is 5.82. The lowest BCUT2D eigenvalue weighted by Crippen LogP contribution is -2.42. The van der Waals surface area contributed by atoms with Crippen molar-refractivity contribution in [3.63, 3.8) is 0 Å². The zero-order valence-corrected chi connectivity index (χ0v) is 10.9. The molecule has 1 aromatic carbocycles. The summed E-state index contributed by atoms with van der Waals surface area (Å²) in [5.74, 6) is 0.340. The molecule has 2 unspecified atom stereocenters. The molecule has 4 nitrogen and oxygen atoms in total. The summed E-state index contributed by atoms with van der Waals surface area (Å²) < 4.78 is 0. The number of nitrogens with zero attached hydrogens (tertiary/aromatic N) is 1. The van der Waals surface area contributed by atoms with Crippen LogP contribution in [0, 0.1) is 0 Å². The van der Waals surface area contributed by atoms with Gasteiger partial charge in [-0.1, -0.05) is 18.2 Å². The van der Waals surface area contributed by atoms with E-state index in [1.165, 1.54) is 0 Å². The Morgan fingerprint density at radius 1 is 1.50 bits per heavy atom. The molecular formula is C14H20N2O2. The van der Waals surface area contributed by atoms with Crippen LogP contribution in [0.3, 0.4) is 0 Å². The summed E-state index contributed by atoms with van der Waals surface area (Å²) in [5.41, 5.74) is 0.784. The van der Waals surface area contributed by atoms with E-state index in [0.29, 0.717) is 0 Å². The van der Waals surface area contributed by atoms with Crippen LogP contribution in [0.1, 0.15) is 31.4 Å². The summed E-state index contributed by atoms with van der Waals surface area (Å²) in [4.78, 5) is 14.0. The van der Waals surface area contributed by atoms with Crippen molar-refractivity contribution in [3.8, 4) is 5.75 Å². The highest BCUT2D eigenvalue weighted by atomic mass is 16.3. The number of rotatable bonds is 3. The van der Waals surface area contributed by atoms with Crippen molar-refractivity contribution in [1.82, 2.24) is 10.2 Å². The quantitative estimate of drug-likeness (QED) is 0.855. The standard InChI is InChI=1S/C14H20N2O2/c1-10(11-6-3-4-8-13(11)17)16(2)14(18)12-7-5-9-15-12/h3-4,6,8,10,12,15,17H,5,7,9H2,1-2H3. The summed E-state index contributed by atoms with van der Waals surface area (Å²) >= 11 is 0. The molecule has 2 rings (SSSR count). The molecule has 0 bridgehead atoms. The van der Waals surface area contributed by atoms with Crippen LogP contribution < -0.4 is 5.32 Å². The van der Waals surface area contributed by atoms with Crippen LogP contribution in [0.15, 0.2) is 24.3 Å². The van der Waals surface area contributed by atoms with E-state index in [9.17, 15) is 9.90 Å². The molecule has 0 aliphatic carbocycles. The lowest BCUT2D eigenvalue weighted by molar-refractivity contribution is -0.133. The topological polar surface area (TPSA) is 52.6 Å². The van der Waals surface area contributed by atoms with Crippen LogP contribution in [0.4, 0.5) is 0 Å². The summed E-state index contributed by atoms with van der Waals surface area (Å²) in [6.45, 7) is 2.84. The number of benzene rings is 1. The van der Waals surface area contributed by atoms with Gasteiger partial charge in [0.25, 0.3) is 0 Å². The minimum atomic E-state index is -0.124. The fourth-order valence-corrected chi connectivity index (χ4v) is 2.38. The van der Waals surface area contributed by atoms with Gasteiger partial charge in [0.15, 0.2) is 0 Å². The van der Waals surface area contributed by atoms with E-state index in [1.807, 2.05) is 19.1 Å². The van der Waals surface area contributed by atoms with Crippen molar-refractivity contribution < 1.29 is 9.90 Å². The van der Waals surface area contributed by atoms with Crippen LogP contribution in [-0.2, 0) is 4.79 Å². The average molecular weight is 248 g/mol. The molecule has 0 saturated carbocycles. The molecule has 2 N–H and O–H groups in total. The number of phenolic OH excluding ortho intramolecular Hbond substituents is 1. The highest BCUT2D eigenvalue weighted by Gasteiger charge is 2.28. The van der Waals surface area contributed by atoms with Gasteiger partial charge in [-0.25, -0.2) is 0 Å². The van der Waals surface area contributed by atoms with Gasteiger partial charge in [-0.15, -0.1) is 0 Å². The Balaban J connectivity index is 2.10. The first-order chi connectivity index (χ1) is 8.61. The van der Waals surface area contributed by atoms with E-state index in [1.54, 1.807) is 24.1 Å². The normalized spacial score (nSPS) is 20.7. The third kappa shape index (κ3) is 2.48. The number of carbonyl (C=O) groups is 1. The van der Waals surface area contributed by atoms with Crippen LogP contribution in [0.25, 0.3) is 0 Å². The van der Waals surface area contributed by atoms with Crippen molar-refractivity contribution in [3.05, 3.63) is 29.8 Å². The van der Waals surface area contributed by atoms with Crippen LogP contribution in [0.2, 0.25) is 0 Å². The molecule has 1 aromatic rings. The zero-order chi connectivity index (χ0) is 13.1. The second-order valence-corrected chi connectivity index (χ2v) is 4.83. The number of hydrogen-bond donors (Lipinski definition) is 2. The zero-order valence-electron chi connectivity index (χ0n) is 10.9. The molecule has 0 aromatic heterocycles. The van der Waals surface area contributed by atoms with Gasteiger partial charge in [0.1, 0.15) is 5.75 Å². The van der Waals surface area contributed by atoms with Gasteiger partial charge in [0, 0.05) is 12.6 Å². The molecule has 1 aliphatic heterocycles. The summed E-state index contributed by atoms with van der Waals surface area (Å²) in [5, 5.41) is 13.0. The van der Waals surface area contributed by atoms with Crippen molar-refractivity contribution in [2.75, 3.05) is 13.6 Å². The summed E-state index contributed by atoms with van der Waals surface area (Å²) in [7, 11) is 1.79. The SMILES string of the molecule is CC(c1ccccc1O)N(C)C(=O)C1CCCN1. The molecule has 0 spiro atoms. The number of hydrogen-bond acceptors (Lipinski definition) is 3. The Hall–Kier alpha value is -1.55. The van der Waals surface area contributed by atoms with Crippen molar-refractivity contribution >= 4 is 5.91 Å². The van der Waals surface area contributed by atoms with E-state index in [2.05, 4.69) is 5.32 Å². The first kappa shape index (κ1) is 12.9. The molecule has 1 saturated heterocycles. The second kappa shape index (κ2) is 5.40. The molecular weight excluding hydrogens is 228 g/mol. The Bertz CT molecular complexity index is 428. The van der Waals surface area contributed by atoms with E-state index in [4.69, 9.17) is 0 Å². The van der Waals surface area contributed by atoms with E-state index >= 15 is 0 Å². The number of aromatic hydroxyl groups is 1. The summed E-state index contributed by atoms with van der Waals surface area (Å²) in [6.07, 6.45) is 1.95. The van der Waals surface area contributed by atoms with Gasteiger partial charge in [-0.2, -0.15) is 0 Å². The number of phenols is 1. The number of carbonyl (C=O) groups excluding carboxylic acids is 1. The number of para-hydroxylation sites is 1. The van der Waals surface area contributed by atoms with Gasteiger partial charge in [-0.3, -0.25) is 4.79 Å². The Morgan fingerprint density at radius 3 is 2.83 bits per heavy atom. The molecule has 18 heavy (non-hydrogen) atoms. The van der Waals surface area contributed by atoms with E-state index < -0.39 is 0 Å². The number of nitrogens with one attached hydrogen (secondary N) is 1. The third-order valence-corrected chi connectivity index (χ3v) is 3.67. The lowest BCUT2D eigenvalue weighted by Gasteiger charge is -2.28. The minimum Gasteiger partial charge on any atom is -0.508 e. The maximum absolute atomic E-state index is 12.3. The maximum Gasteiger partial charge on any atom is 0.239 e. The van der Waals surface area contributed by atoms with Gasteiger partial charge < -0.3 is 15.3 Å². The first-order valence-corrected chi connectivity index (χ1v) is 6.39. The summed E-state index contributed by atoms with van der Waals surface area (Å²) in [6, 6.07) is 6.97. The van der Waals surface area contributed by atoms with Gasteiger partial charge in [0.05, 0.1) is 12.1 Å². The monoisotopic (exact) mass is 248 g/mol. The smallest absolute Gasteiger partial charge is 0.239 e. The fourth-order valence-electron chi connectivity index (χ4n) is 2.38. The Morgan fingerprint density at radius 2 is 2.22 bits per heavy atom. The molecule has 0 radical (unpaired) electrons. The van der Waals surface area contributed by atoms with E-state index in [0.717, 1.165) is 24.9 Å². The van der Waals surface area contributed by atoms with Crippen molar-refractivity contribution in [2.45, 2.75) is 31.8 Å². The van der Waals surface area contributed by atoms with E-state index in [-0.39, 0.29) is 23.7 Å². The Labute approximate surface area is 108 Å². The fraction of sp³-hybridized carbons (Fsp3) is 0.500. The predicted octanol–water partition coefficient (Wildman–Crippen LogP) is 1.66. The highest BCUT2D eigenvalue weighted by Crippen LogP contribution is 2.27. The average Bonchev–Trinajstić information content (AvgIpc) is 2.90. The van der Waals surface area contributed by atoms with Gasteiger partial charge in [-0.05, 0) is 32.4 Å². The maximum atomic E-state index is 12.3. The number of amides is 1. The van der Waals surface area contributed by atoms with Crippen LogP contribution in [0.5, 0.6) is 5.75 Å². The molecule has 1 fully saturated rings. The third-order valence-electron chi connectivity index (χ3n) is 3.67. The molecule has 1 heterocycles. The first-order valence-electron chi connectivity index (χ1n) is 6.39. The van der Waals surface area contributed by atoms with Crippen molar-refractivity contribution in [2.24, 2.45) is 0 Å². The van der Waals surface area contributed by atoms with Crippen molar-refractivity contribution in [1.29, 1.82) is 0 Å². The molecule has 2 atom stereocenters. The molecule has 4 heteroatoms. The van der Waals surface area contributed by atoms with Gasteiger partial charge in [0.2, 0.25) is 5.91 Å². The number of likely N-dealkylation sites (N-methyl/N-ethyl adjacent to an activating group) is 1. The predicted molar refractivity (Wildman–Crippen MR) is 70.3 cm³/mol. The minimum absolute atomic E-state index is 0.0664. The molecule has 1 aliphatic rings.